The maximum atomic E-state index is 9.50. The van der Waals surface area contributed by atoms with E-state index in [1.807, 2.05) is 31.2 Å². The Morgan fingerprint density at radius 1 is 1.17 bits per heavy atom. The third-order valence-corrected chi connectivity index (χ3v) is 3.07. The fourth-order valence-corrected chi connectivity index (χ4v) is 2.04. The lowest BCUT2D eigenvalue weighted by molar-refractivity contribution is 0.199. The van der Waals surface area contributed by atoms with Gasteiger partial charge in [0.05, 0.1) is 11.1 Å². The van der Waals surface area contributed by atoms with E-state index in [0.29, 0.717) is 16.3 Å². The first kappa shape index (κ1) is 12.9. The van der Waals surface area contributed by atoms with Crippen LogP contribution in [-0.4, -0.2) is 5.11 Å². The van der Waals surface area contributed by atoms with E-state index in [1.54, 1.807) is 25.1 Å². The molecular weight excluding hydrogens is 248 g/mol. The number of hydrogen-bond donors (Lipinski definition) is 1. The molecule has 0 bridgehead atoms. The van der Waals surface area contributed by atoms with Crippen LogP contribution in [0.15, 0.2) is 42.5 Å². The third kappa shape index (κ3) is 2.84. The molecule has 3 heteroatoms. The molecule has 18 heavy (non-hydrogen) atoms. The molecule has 0 heterocycles. The van der Waals surface area contributed by atoms with Crippen LogP contribution in [0.3, 0.4) is 0 Å². The van der Waals surface area contributed by atoms with Gasteiger partial charge in [-0.05, 0) is 43.2 Å². The lowest BCUT2D eigenvalue weighted by Gasteiger charge is -2.11. The highest BCUT2D eigenvalue weighted by atomic mass is 35.5. The number of para-hydroxylation sites is 1. The van der Waals surface area contributed by atoms with Crippen LogP contribution in [0.5, 0.6) is 11.5 Å². The summed E-state index contributed by atoms with van der Waals surface area (Å²) < 4.78 is 5.76. The Morgan fingerprint density at radius 2 is 1.89 bits per heavy atom. The first-order chi connectivity index (χ1) is 8.58. The molecule has 1 N–H and O–H groups in total. The van der Waals surface area contributed by atoms with Gasteiger partial charge in [-0.3, -0.25) is 0 Å². The van der Waals surface area contributed by atoms with Gasteiger partial charge in [-0.15, -0.1) is 0 Å². The molecule has 2 nitrogen and oxygen atoms in total. The number of hydrogen-bond acceptors (Lipinski definition) is 2. The van der Waals surface area contributed by atoms with Crippen molar-refractivity contribution in [3.8, 4) is 11.5 Å². The second kappa shape index (κ2) is 5.42. The predicted octanol–water partition coefficient (Wildman–Crippen LogP) is 4.49. The van der Waals surface area contributed by atoms with Crippen LogP contribution >= 0.6 is 11.6 Å². The highest BCUT2D eigenvalue weighted by molar-refractivity contribution is 6.31. The minimum absolute atomic E-state index is 0.510. The molecule has 0 radical (unpaired) electrons. The van der Waals surface area contributed by atoms with Gasteiger partial charge >= 0.3 is 0 Å². The minimum Gasteiger partial charge on any atom is -0.457 e. The molecule has 0 aliphatic heterocycles. The fourth-order valence-electron chi connectivity index (χ4n) is 1.71. The molecule has 2 aromatic rings. The van der Waals surface area contributed by atoms with Gasteiger partial charge in [0, 0.05) is 0 Å². The smallest absolute Gasteiger partial charge is 0.130 e. The molecule has 1 unspecified atom stereocenters. The van der Waals surface area contributed by atoms with E-state index in [4.69, 9.17) is 16.3 Å². The Labute approximate surface area is 112 Å². The Morgan fingerprint density at radius 3 is 2.50 bits per heavy atom. The zero-order chi connectivity index (χ0) is 13.1. The van der Waals surface area contributed by atoms with Crippen molar-refractivity contribution in [1.29, 1.82) is 0 Å². The van der Waals surface area contributed by atoms with Crippen molar-refractivity contribution in [1.82, 2.24) is 0 Å². The summed E-state index contributed by atoms with van der Waals surface area (Å²) >= 11 is 6.09. The standard InChI is InChI=1S/C15H15ClO2/c1-10-5-3-4-6-15(10)18-12-7-8-13(11(2)17)14(16)9-12/h3-9,11,17H,1-2H3. The van der Waals surface area contributed by atoms with Crippen molar-refractivity contribution in [3.05, 3.63) is 58.6 Å². The summed E-state index contributed by atoms with van der Waals surface area (Å²) in [5.74, 6) is 1.47. The lowest BCUT2D eigenvalue weighted by atomic mass is 10.1. The SMILES string of the molecule is Cc1ccccc1Oc1ccc(C(C)O)c(Cl)c1. The van der Waals surface area contributed by atoms with E-state index in [9.17, 15) is 5.11 Å². The fraction of sp³-hybridized carbons (Fsp3) is 0.200. The van der Waals surface area contributed by atoms with Gasteiger partial charge in [0.15, 0.2) is 0 Å². The van der Waals surface area contributed by atoms with E-state index in [1.165, 1.54) is 0 Å². The second-order valence-electron chi connectivity index (χ2n) is 4.23. The Balaban J connectivity index is 2.26. The number of aryl methyl sites for hydroxylation is 1. The topological polar surface area (TPSA) is 29.5 Å². The number of rotatable bonds is 3. The van der Waals surface area contributed by atoms with Crippen molar-refractivity contribution < 1.29 is 9.84 Å². The molecular formula is C15H15ClO2. The number of ether oxygens (including phenoxy) is 1. The van der Waals surface area contributed by atoms with Crippen molar-refractivity contribution in [3.63, 3.8) is 0 Å². The predicted molar refractivity (Wildman–Crippen MR) is 73.3 cm³/mol. The Hall–Kier alpha value is -1.51. The Kier molecular flexibility index (Phi) is 3.90. The average molecular weight is 263 g/mol. The van der Waals surface area contributed by atoms with Crippen LogP contribution in [0.4, 0.5) is 0 Å². The van der Waals surface area contributed by atoms with E-state index in [2.05, 4.69) is 0 Å². The first-order valence-corrected chi connectivity index (χ1v) is 6.16. The van der Waals surface area contributed by atoms with Crippen molar-refractivity contribution in [2.75, 3.05) is 0 Å². The summed E-state index contributed by atoms with van der Waals surface area (Å²) in [7, 11) is 0. The highest BCUT2D eigenvalue weighted by Gasteiger charge is 2.08. The molecule has 2 rings (SSSR count). The first-order valence-electron chi connectivity index (χ1n) is 5.79. The quantitative estimate of drug-likeness (QED) is 0.883. The third-order valence-electron chi connectivity index (χ3n) is 2.74. The minimum atomic E-state index is -0.579. The van der Waals surface area contributed by atoms with Gasteiger partial charge in [0.25, 0.3) is 0 Å². The molecule has 0 aromatic heterocycles. The van der Waals surface area contributed by atoms with Crippen LogP contribution in [0.2, 0.25) is 5.02 Å². The van der Waals surface area contributed by atoms with E-state index in [0.717, 1.165) is 11.3 Å². The maximum Gasteiger partial charge on any atom is 0.130 e. The van der Waals surface area contributed by atoms with Gasteiger partial charge in [0.1, 0.15) is 11.5 Å². The van der Waals surface area contributed by atoms with Crippen molar-refractivity contribution in [2.24, 2.45) is 0 Å². The van der Waals surface area contributed by atoms with E-state index in [-0.39, 0.29) is 0 Å². The Bertz CT molecular complexity index is 550. The zero-order valence-electron chi connectivity index (χ0n) is 10.4. The van der Waals surface area contributed by atoms with Gasteiger partial charge < -0.3 is 9.84 Å². The lowest BCUT2D eigenvalue weighted by Crippen LogP contribution is -1.93. The average Bonchev–Trinajstić information content (AvgIpc) is 2.32. The molecule has 1 atom stereocenters. The largest absolute Gasteiger partial charge is 0.457 e. The molecule has 2 aromatic carbocycles. The van der Waals surface area contributed by atoms with Gasteiger partial charge in [0.2, 0.25) is 0 Å². The van der Waals surface area contributed by atoms with Gasteiger partial charge in [-0.2, -0.15) is 0 Å². The van der Waals surface area contributed by atoms with E-state index < -0.39 is 6.10 Å². The summed E-state index contributed by atoms with van der Waals surface area (Å²) in [4.78, 5) is 0. The van der Waals surface area contributed by atoms with Crippen molar-refractivity contribution in [2.45, 2.75) is 20.0 Å². The number of aliphatic hydroxyl groups excluding tert-OH is 1. The molecule has 0 spiro atoms. The number of benzene rings is 2. The van der Waals surface area contributed by atoms with Gasteiger partial charge in [-0.1, -0.05) is 35.9 Å². The van der Waals surface area contributed by atoms with Crippen LogP contribution in [-0.2, 0) is 0 Å². The summed E-state index contributed by atoms with van der Waals surface area (Å²) in [6.07, 6.45) is -0.579. The van der Waals surface area contributed by atoms with Crippen LogP contribution < -0.4 is 4.74 Å². The molecule has 0 amide bonds. The molecule has 0 fully saturated rings. The van der Waals surface area contributed by atoms with Crippen molar-refractivity contribution >= 4 is 11.6 Å². The van der Waals surface area contributed by atoms with Crippen LogP contribution in [0, 0.1) is 6.92 Å². The molecule has 0 saturated heterocycles. The monoisotopic (exact) mass is 262 g/mol. The zero-order valence-corrected chi connectivity index (χ0v) is 11.1. The molecule has 94 valence electrons. The summed E-state index contributed by atoms with van der Waals surface area (Å²) in [6.45, 7) is 3.67. The van der Waals surface area contributed by atoms with Gasteiger partial charge in [-0.25, -0.2) is 0 Å². The van der Waals surface area contributed by atoms with Crippen LogP contribution in [0.1, 0.15) is 24.2 Å². The summed E-state index contributed by atoms with van der Waals surface area (Å²) in [6, 6.07) is 13.1. The number of halogens is 1. The van der Waals surface area contributed by atoms with Crippen LogP contribution in [0.25, 0.3) is 0 Å². The molecule has 0 aliphatic carbocycles. The molecule has 0 aliphatic rings. The normalized spacial score (nSPS) is 12.2. The number of aliphatic hydroxyl groups is 1. The highest BCUT2D eigenvalue weighted by Crippen LogP contribution is 2.30. The maximum absolute atomic E-state index is 9.50. The molecule has 0 saturated carbocycles. The second-order valence-corrected chi connectivity index (χ2v) is 4.63. The summed E-state index contributed by atoms with van der Waals surface area (Å²) in [5, 5.41) is 10.0. The summed E-state index contributed by atoms with van der Waals surface area (Å²) in [5.41, 5.74) is 1.77. The van der Waals surface area contributed by atoms with E-state index >= 15 is 0 Å².